The van der Waals surface area contributed by atoms with Crippen LogP contribution in [0.15, 0.2) is 35.2 Å². The Balaban J connectivity index is 0.00000141. The number of rotatable bonds is 14. The Hall–Kier alpha value is -0.950. The van der Waals surface area contributed by atoms with E-state index in [2.05, 4.69) is 6.92 Å². The van der Waals surface area contributed by atoms with Gasteiger partial charge in [0.1, 0.15) is 0 Å². The summed E-state index contributed by atoms with van der Waals surface area (Å²) in [6.07, 6.45) is 12.3. The van der Waals surface area contributed by atoms with Crippen LogP contribution in [0.4, 0.5) is 0 Å². The molecule has 0 aliphatic heterocycles. The minimum Gasteiger partial charge on any atom is -0.395 e. The van der Waals surface area contributed by atoms with Crippen LogP contribution in [-0.2, 0) is 14.3 Å². The van der Waals surface area contributed by atoms with Crippen molar-refractivity contribution < 1.29 is 17.7 Å². The van der Waals surface area contributed by atoms with Crippen molar-refractivity contribution in [2.45, 2.75) is 76.0 Å². The van der Waals surface area contributed by atoms with E-state index in [1.54, 1.807) is 30.3 Å². The predicted octanol–water partition coefficient (Wildman–Crippen LogP) is 4.25. The summed E-state index contributed by atoms with van der Waals surface area (Å²) >= 11 is 0. The minimum atomic E-state index is -3.57. The fraction of sp³-hybridized carbons (Fsp3) is 0.700. The first kappa shape index (κ1) is 25.1. The number of nitrogens with two attached hydrogens (primary N) is 1. The van der Waals surface area contributed by atoms with Gasteiger partial charge in [0.25, 0.3) is 10.1 Å². The first-order valence-corrected chi connectivity index (χ1v) is 11.2. The Labute approximate surface area is 160 Å². The van der Waals surface area contributed by atoms with Gasteiger partial charge >= 0.3 is 0 Å². The van der Waals surface area contributed by atoms with Gasteiger partial charge in [-0.2, -0.15) is 8.42 Å². The van der Waals surface area contributed by atoms with Gasteiger partial charge in [-0.1, -0.05) is 82.9 Å². The van der Waals surface area contributed by atoms with Crippen LogP contribution in [-0.4, -0.2) is 33.3 Å². The van der Waals surface area contributed by atoms with Crippen LogP contribution in [0.25, 0.3) is 0 Å². The van der Waals surface area contributed by atoms with E-state index >= 15 is 0 Å². The molecule has 5 nitrogen and oxygen atoms in total. The summed E-state index contributed by atoms with van der Waals surface area (Å²) in [5.41, 5.74) is 4.78. The molecule has 3 N–H and O–H groups in total. The van der Waals surface area contributed by atoms with Crippen molar-refractivity contribution in [2.24, 2.45) is 5.73 Å². The molecule has 1 rings (SSSR count). The number of hydrogen-bond donors (Lipinski definition) is 2. The topological polar surface area (TPSA) is 89.6 Å². The van der Waals surface area contributed by atoms with Gasteiger partial charge in [0, 0.05) is 6.54 Å². The largest absolute Gasteiger partial charge is 0.395 e. The van der Waals surface area contributed by atoms with Crippen molar-refractivity contribution in [2.75, 3.05) is 19.8 Å². The van der Waals surface area contributed by atoms with Gasteiger partial charge in [0.15, 0.2) is 0 Å². The Morgan fingerprint density at radius 3 is 1.81 bits per heavy atom. The highest BCUT2D eigenvalue weighted by molar-refractivity contribution is 7.86. The molecule has 26 heavy (non-hydrogen) atoms. The second kappa shape index (κ2) is 17.5. The maximum Gasteiger partial charge on any atom is 0.296 e. The van der Waals surface area contributed by atoms with Crippen molar-refractivity contribution >= 4 is 10.1 Å². The SMILES string of the molecule is CCCCCCCCCCCCOS(=O)(=O)c1ccccc1.NCCO. The molecule has 0 fully saturated rings. The number of unbranched alkanes of at least 4 members (excludes halogenated alkanes) is 9. The smallest absolute Gasteiger partial charge is 0.296 e. The van der Waals surface area contributed by atoms with E-state index < -0.39 is 10.1 Å². The van der Waals surface area contributed by atoms with Gasteiger partial charge in [0.05, 0.1) is 18.1 Å². The fourth-order valence-corrected chi connectivity index (χ4v) is 3.38. The number of aliphatic hydroxyl groups is 1. The number of benzene rings is 1. The summed E-state index contributed by atoms with van der Waals surface area (Å²) in [6, 6.07) is 8.33. The van der Waals surface area contributed by atoms with Crippen molar-refractivity contribution in [1.82, 2.24) is 0 Å². The van der Waals surface area contributed by atoms with E-state index in [4.69, 9.17) is 15.0 Å². The van der Waals surface area contributed by atoms with Crippen LogP contribution in [0.1, 0.15) is 71.1 Å². The molecule has 0 saturated heterocycles. The summed E-state index contributed by atoms with van der Waals surface area (Å²) in [6.45, 7) is 2.99. The third-order valence-corrected chi connectivity index (χ3v) is 5.22. The molecular weight excluding hydrogens is 350 g/mol. The molecule has 0 aliphatic carbocycles. The Bertz CT molecular complexity index is 504. The summed E-state index contributed by atoms with van der Waals surface area (Å²) in [4.78, 5) is 0.238. The van der Waals surface area contributed by atoms with Crippen LogP contribution < -0.4 is 5.73 Å². The van der Waals surface area contributed by atoms with Crippen molar-refractivity contribution in [1.29, 1.82) is 0 Å². The fourth-order valence-electron chi connectivity index (χ4n) is 2.41. The highest BCUT2D eigenvalue weighted by Gasteiger charge is 2.13. The second-order valence-corrected chi connectivity index (χ2v) is 7.90. The minimum absolute atomic E-state index is 0.0972. The molecule has 0 aliphatic rings. The first-order valence-electron chi connectivity index (χ1n) is 9.84. The second-order valence-electron chi connectivity index (χ2n) is 6.28. The monoisotopic (exact) mass is 387 g/mol. The van der Waals surface area contributed by atoms with Crippen molar-refractivity contribution in [3.05, 3.63) is 30.3 Å². The molecule has 152 valence electrons. The molecule has 1 aromatic rings. The molecule has 0 aromatic heterocycles. The first-order chi connectivity index (χ1) is 12.6. The third-order valence-electron chi connectivity index (χ3n) is 3.90. The zero-order chi connectivity index (χ0) is 19.5. The average Bonchev–Trinajstić information content (AvgIpc) is 2.67. The molecule has 0 saturated carbocycles. The molecular formula is C20H37NO4S. The lowest BCUT2D eigenvalue weighted by Crippen LogP contribution is -2.07. The molecule has 0 atom stereocenters. The van der Waals surface area contributed by atoms with Crippen LogP contribution in [0.3, 0.4) is 0 Å². The molecule has 0 bridgehead atoms. The maximum atomic E-state index is 11.9. The summed E-state index contributed by atoms with van der Waals surface area (Å²) in [7, 11) is -3.57. The third kappa shape index (κ3) is 14.2. The molecule has 0 radical (unpaired) electrons. The van der Waals surface area contributed by atoms with Gasteiger partial charge in [-0.15, -0.1) is 0 Å². The van der Waals surface area contributed by atoms with E-state index in [9.17, 15) is 8.42 Å². The molecule has 6 heteroatoms. The van der Waals surface area contributed by atoms with E-state index in [0.717, 1.165) is 12.8 Å². The normalized spacial score (nSPS) is 11.0. The summed E-state index contributed by atoms with van der Waals surface area (Å²) in [5, 5.41) is 7.75. The van der Waals surface area contributed by atoms with Gasteiger partial charge in [-0.3, -0.25) is 4.18 Å². The Morgan fingerprint density at radius 2 is 1.35 bits per heavy atom. The maximum absolute atomic E-state index is 11.9. The zero-order valence-electron chi connectivity index (χ0n) is 16.2. The van der Waals surface area contributed by atoms with Gasteiger partial charge in [-0.25, -0.2) is 0 Å². The number of aliphatic hydroxyl groups excluding tert-OH is 1. The van der Waals surface area contributed by atoms with Crippen molar-refractivity contribution in [3.8, 4) is 0 Å². The highest BCUT2D eigenvalue weighted by Crippen LogP contribution is 2.13. The van der Waals surface area contributed by atoms with E-state index in [1.165, 1.54) is 51.4 Å². The van der Waals surface area contributed by atoms with Crippen LogP contribution in [0.2, 0.25) is 0 Å². The lowest BCUT2D eigenvalue weighted by molar-refractivity contribution is 0.306. The van der Waals surface area contributed by atoms with Gasteiger partial charge in [0.2, 0.25) is 0 Å². The van der Waals surface area contributed by atoms with Crippen molar-refractivity contribution in [3.63, 3.8) is 0 Å². The highest BCUT2D eigenvalue weighted by atomic mass is 32.2. The molecule has 0 unspecified atom stereocenters. The molecule has 1 aromatic carbocycles. The number of hydrogen-bond acceptors (Lipinski definition) is 5. The molecule has 0 heterocycles. The van der Waals surface area contributed by atoms with Gasteiger partial charge < -0.3 is 10.8 Å². The predicted molar refractivity (Wildman–Crippen MR) is 108 cm³/mol. The van der Waals surface area contributed by atoms with Gasteiger partial charge in [-0.05, 0) is 18.6 Å². The lowest BCUT2D eigenvalue weighted by atomic mass is 10.1. The Morgan fingerprint density at radius 1 is 0.885 bits per heavy atom. The lowest BCUT2D eigenvalue weighted by Gasteiger charge is -2.05. The quantitative estimate of drug-likeness (QED) is 0.368. The molecule has 0 spiro atoms. The zero-order valence-corrected chi connectivity index (χ0v) is 17.1. The van der Waals surface area contributed by atoms with Crippen LogP contribution in [0, 0.1) is 0 Å². The summed E-state index contributed by atoms with van der Waals surface area (Å²) in [5.74, 6) is 0. The Kier molecular flexibility index (Phi) is 16.8. The standard InChI is InChI=1S/C18H30O3S.C2H7NO/c1-2-3-4-5-6-7-8-9-10-14-17-21-22(19,20)18-15-12-11-13-16-18;3-1-2-4/h11-13,15-16H,2-10,14,17H2,1H3;4H,1-3H2. The van der Waals surface area contributed by atoms with E-state index in [1.807, 2.05) is 0 Å². The molecule has 0 amide bonds. The van der Waals surface area contributed by atoms with E-state index in [-0.39, 0.29) is 18.1 Å². The van der Waals surface area contributed by atoms with Crippen LogP contribution >= 0.6 is 0 Å². The average molecular weight is 388 g/mol. The summed E-state index contributed by atoms with van der Waals surface area (Å²) < 4.78 is 28.8. The van der Waals surface area contributed by atoms with E-state index in [0.29, 0.717) is 6.54 Å². The van der Waals surface area contributed by atoms with Crippen LogP contribution in [0.5, 0.6) is 0 Å².